The number of ether oxygens (including phenoxy) is 1. The summed E-state index contributed by atoms with van der Waals surface area (Å²) >= 11 is 0. The van der Waals surface area contributed by atoms with E-state index >= 15 is 0 Å². The summed E-state index contributed by atoms with van der Waals surface area (Å²) in [6.07, 6.45) is 6.37. The fourth-order valence-corrected chi connectivity index (χ4v) is 5.64. The van der Waals surface area contributed by atoms with E-state index < -0.39 is 32.7 Å². The molecular weight excluding hydrogens is 560 g/mol. The van der Waals surface area contributed by atoms with Gasteiger partial charge in [-0.25, -0.2) is 18.2 Å². The number of nitrogens with two attached hydrogens (primary N) is 1. The molecule has 3 aromatic rings. The molecule has 0 spiro atoms. The maximum atomic E-state index is 12.8. The number of anilines is 2. The molecule has 0 saturated heterocycles. The van der Waals surface area contributed by atoms with Crippen LogP contribution in [0.5, 0.6) is 0 Å². The molecule has 1 unspecified atom stereocenters. The first-order valence-electron chi connectivity index (χ1n) is 13.0. The molecule has 1 aliphatic carbocycles. The molecule has 12 nitrogen and oxygen atoms in total. The van der Waals surface area contributed by atoms with Crippen molar-refractivity contribution in [2.24, 2.45) is 5.73 Å². The average molecular weight is 593 g/mol. The van der Waals surface area contributed by atoms with E-state index in [-0.39, 0.29) is 27.8 Å². The Hall–Kier alpha value is -4.78. The van der Waals surface area contributed by atoms with Crippen LogP contribution in [0.15, 0.2) is 83.9 Å². The number of hydrogen-bond acceptors (Lipinski definition) is 9. The number of rotatable bonds is 9. The van der Waals surface area contributed by atoms with E-state index in [9.17, 15) is 23.3 Å². The van der Waals surface area contributed by atoms with E-state index in [1.807, 2.05) is 24.3 Å². The quantitative estimate of drug-likeness (QED) is 0.223. The number of nitro groups is 1. The number of aromatic nitrogens is 2. The zero-order valence-corrected chi connectivity index (χ0v) is 24.4. The van der Waals surface area contributed by atoms with Crippen molar-refractivity contribution in [3.8, 4) is 0 Å². The van der Waals surface area contributed by atoms with E-state index in [2.05, 4.69) is 52.9 Å². The van der Waals surface area contributed by atoms with Gasteiger partial charge in [0.05, 0.1) is 15.9 Å². The lowest BCUT2D eigenvalue weighted by molar-refractivity contribution is -0.384. The smallest absolute Gasteiger partial charge is 0.405 e. The second-order valence-electron chi connectivity index (χ2n) is 10.9. The summed E-state index contributed by atoms with van der Waals surface area (Å²) in [4.78, 5) is 30.4. The van der Waals surface area contributed by atoms with Gasteiger partial charge in [-0.05, 0) is 53.3 Å². The SMILES string of the molecule is CC(Nc1nccc(NS(=O)(=O)c2ccc([N+](=O)[O-])cc2)n1)[C@@]1(OC(N)=O)C=CC(c2ccccc2C(C)(C)C)=CC1. The van der Waals surface area contributed by atoms with Gasteiger partial charge in [0.25, 0.3) is 15.7 Å². The van der Waals surface area contributed by atoms with Gasteiger partial charge in [-0.15, -0.1) is 0 Å². The van der Waals surface area contributed by atoms with Gasteiger partial charge < -0.3 is 15.8 Å². The van der Waals surface area contributed by atoms with E-state index in [4.69, 9.17) is 10.5 Å². The molecule has 220 valence electrons. The highest BCUT2D eigenvalue weighted by Gasteiger charge is 2.39. The third-order valence-electron chi connectivity index (χ3n) is 6.85. The molecule has 1 amide bonds. The molecule has 13 heteroatoms. The standard InChI is InChI=1S/C29H32N6O6S/c1-19(29(41-26(30)36)16-13-20(14-17-29)23-7-5-6-8-24(23)28(2,3)4)32-27-31-18-15-25(33-27)34-42(39,40)22-11-9-21(10-12-22)35(37)38/h5-16,18-19H,17H2,1-4H3,(H2,30,36)(H2,31,32,33,34)/t19?,29-/m1/s1. The summed E-state index contributed by atoms with van der Waals surface area (Å²) in [7, 11) is -4.09. The van der Waals surface area contributed by atoms with Gasteiger partial charge in [0, 0.05) is 24.8 Å². The Balaban J connectivity index is 1.54. The minimum atomic E-state index is -4.09. The maximum absolute atomic E-state index is 12.8. The summed E-state index contributed by atoms with van der Waals surface area (Å²) in [5.74, 6) is 0.0307. The maximum Gasteiger partial charge on any atom is 0.405 e. The topological polar surface area (TPSA) is 179 Å². The number of allylic oxidation sites excluding steroid dienone is 2. The Bertz CT molecular complexity index is 1660. The van der Waals surface area contributed by atoms with Crippen molar-refractivity contribution < 1.29 is 22.9 Å². The lowest BCUT2D eigenvalue weighted by Gasteiger charge is -2.37. The van der Waals surface area contributed by atoms with Crippen molar-refractivity contribution in [1.82, 2.24) is 9.97 Å². The van der Waals surface area contributed by atoms with Crippen molar-refractivity contribution in [3.05, 3.63) is 100 Å². The van der Waals surface area contributed by atoms with Gasteiger partial charge in [-0.2, -0.15) is 4.98 Å². The van der Waals surface area contributed by atoms with Crippen LogP contribution in [-0.2, 0) is 20.2 Å². The average Bonchev–Trinajstić information content (AvgIpc) is 2.92. The molecular formula is C29H32N6O6S. The van der Waals surface area contributed by atoms with Crippen LogP contribution in [0, 0.1) is 10.1 Å². The molecule has 1 aromatic heterocycles. The molecule has 4 N–H and O–H groups in total. The highest BCUT2D eigenvalue weighted by Crippen LogP contribution is 2.37. The minimum Gasteiger partial charge on any atom is -0.436 e. The first kappa shape index (κ1) is 30.2. The third kappa shape index (κ3) is 6.74. The molecule has 0 fully saturated rings. The third-order valence-corrected chi connectivity index (χ3v) is 8.22. The number of benzene rings is 2. The number of sulfonamides is 1. The monoisotopic (exact) mass is 592 g/mol. The number of carbonyl (C=O) groups is 1. The highest BCUT2D eigenvalue weighted by molar-refractivity contribution is 7.92. The van der Waals surface area contributed by atoms with Crippen LogP contribution in [0.25, 0.3) is 5.57 Å². The summed E-state index contributed by atoms with van der Waals surface area (Å²) in [6.45, 7) is 8.20. The first-order valence-corrected chi connectivity index (χ1v) is 14.5. The summed E-state index contributed by atoms with van der Waals surface area (Å²) < 4.78 is 33.6. The van der Waals surface area contributed by atoms with Crippen molar-refractivity contribution in [3.63, 3.8) is 0 Å². The van der Waals surface area contributed by atoms with Gasteiger partial charge >= 0.3 is 6.09 Å². The molecule has 42 heavy (non-hydrogen) atoms. The van der Waals surface area contributed by atoms with Crippen LogP contribution in [0.3, 0.4) is 0 Å². The zero-order valence-electron chi connectivity index (χ0n) is 23.6. The van der Waals surface area contributed by atoms with E-state index in [1.54, 1.807) is 13.0 Å². The van der Waals surface area contributed by atoms with Crippen LogP contribution < -0.4 is 15.8 Å². The van der Waals surface area contributed by atoms with Crippen LogP contribution in [0.1, 0.15) is 45.2 Å². The Morgan fingerprint density at radius 2 is 1.83 bits per heavy atom. The normalized spacial score (nSPS) is 17.6. The largest absolute Gasteiger partial charge is 0.436 e. The minimum absolute atomic E-state index is 0.0388. The van der Waals surface area contributed by atoms with E-state index in [0.717, 1.165) is 35.4 Å². The molecule has 0 radical (unpaired) electrons. The van der Waals surface area contributed by atoms with Gasteiger partial charge in [0.2, 0.25) is 5.95 Å². The predicted molar refractivity (Wildman–Crippen MR) is 159 cm³/mol. The fourth-order valence-electron chi connectivity index (χ4n) is 4.64. The second kappa shape index (κ2) is 11.6. The van der Waals surface area contributed by atoms with Crippen LogP contribution in [-0.4, -0.2) is 41.0 Å². The number of nitrogens with zero attached hydrogens (tertiary/aromatic N) is 3. The summed E-state index contributed by atoms with van der Waals surface area (Å²) in [6, 6.07) is 13.4. The molecule has 0 bridgehead atoms. The van der Waals surface area contributed by atoms with E-state index in [0.29, 0.717) is 6.42 Å². The summed E-state index contributed by atoms with van der Waals surface area (Å²) in [5, 5.41) is 14.0. The first-order chi connectivity index (χ1) is 19.7. The fraction of sp³-hybridized carbons (Fsp3) is 0.276. The molecule has 1 aliphatic rings. The van der Waals surface area contributed by atoms with Crippen molar-refractivity contribution in [2.45, 2.75) is 56.1 Å². The van der Waals surface area contributed by atoms with Gasteiger partial charge in [-0.3, -0.25) is 14.8 Å². The van der Waals surface area contributed by atoms with Crippen LogP contribution in [0.4, 0.5) is 22.2 Å². The predicted octanol–water partition coefficient (Wildman–Crippen LogP) is 5.16. The number of nitrogens with one attached hydrogen (secondary N) is 2. The Labute approximate surface area is 243 Å². The van der Waals surface area contributed by atoms with Gasteiger partial charge in [-0.1, -0.05) is 57.2 Å². The van der Waals surface area contributed by atoms with Crippen molar-refractivity contribution in [1.29, 1.82) is 0 Å². The molecule has 0 saturated carbocycles. The van der Waals surface area contributed by atoms with Gasteiger partial charge in [0.15, 0.2) is 5.60 Å². The number of primary amides is 1. The lowest BCUT2D eigenvalue weighted by atomic mass is 9.79. The Morgan fingerprint density at radius 3 is 2.43 bits per heavy atom. The number of hydrogen-bond donors (Lipinski definition) is 3. The van der Waals surface area contributed by atoms with Crippen molar-refractivity contribution in [2.75, 3.05) is 10.0 Å². The zero-order chi connectivity index (χ0) is 30.7. The number of nitro benzene ring substituents is 1. The highest BCUT2D eigenvalue weighted by atomic mass is 32.2. The lowest BCUT2D eigenvalue weighted by Crippen LogP contribution is -2.49. The van der Waals surface area contributed by atoms with E-state index in [1.165, 1.54) is 17.8 Å². The molecule has 0 aliphatic heterocycles. The Kier molecular flexibility index (Phi) is 8.34. The molecule has 4 rings (SSSR count). The van der Waals surface area contributed by atoms with Crippen LogP contribution >= 0.6 is 0 Å². The second-order valence-corrected chi connectivity index (χ2v) is 12.5. The Morgan fingerprint density at radius 1 is 1.14 bits per heavy atom. The molecule has 1 heterocycles. The van der Waals surface area contributed by atoms with Crippen LogP contribution in [0.2, 0.25) is 0 Å². The number of carbonyl (C=O) groups excluding carboxylic acids is 1. The number of non-ortho nitro benzene ring substituents is 1. The molecule has 2 atom stereocenters. The summed E-state index contributed by atoms with van der Waals surface area (Å²) in [5.41, 5.74) is 7.19. The van der Waals surface area contributed by atoms with Gasteiger partial charge in [0.1, 0.15) is 5.82 Å². The molecule has 2 aromatic carbocycles. The van der Waals surface area contributed by atoms with Crippen molar-refractivity contribution >= 4 is 39.1 Å². The number of amides is 1.